The number of nitrogens with one attached hydrogen (secondary N) is 1. The van der Waals surface area contributed by atoms with Crippen molar-refractivity contribution >= 4 is 33.2 Å². The zero-order chi connectivity index (χ0) is 25.2. The second kappa shape index (κ2) is 10.0. The molecular weight excluding hydrogens is 462 g/mol. The number of hydrogen-bond donors (Lipinski definition) is 1. The monoisotopic (exact) mass is 491 g/mol. The SMILES string of the molecule is Cc1ccccc1C(=O)Nc1ccc(C(=O)N2CCCC(N(C)S(C)(=O)=O)c3ccccc32)cc1. The van der Waals surface area contributed by atoms with Gasteiger partial charge in [0, 0.05) is 36.1 Å². The van der Waals surface area contributed by atoms with Gasteiger partial charge in [0.1, 0.15) is 0 Å². The van der Waals surface area contributed by atoms with Crippen LogP contribution in [0.15, 0.2) is 72.8 Å². The molecule has 3 aromatic rings. The molecule has 3 aromatic carbocycles. The van der Waals surface area contributed by atoms with Crippen LogP contribution in [-0.4, -0.2) is 44.4 Å². The molecule has 1 aliphatic rings. The van der Waals surface area contributed by atoms with Gasteiger partial charge < -0.3 is 10.2 Å². The maximum Gasteiger partial charge on any atom is 0.258 e. The van der Waals surface area contributed by atoms with Gasteiger partial charge >= 0.3 is 0 Å². The van der Waals surface area contributed by atoms with Crippen LogP contribution in [0.25, 0.3) is 0 Å². The van der Waals surface area contributed by atoms with Gasteiger partial charge in [0.2, 0.25) is 10.0 Å². The predicted octanol–water partition coefficient (Wildman–Crippen LogP) is 4.62. The molecule has 1 N–H and O–H groups in total. The van der Waals surface area contributed by atoms with E-state index in [1.165, 1.54) is 10.6 Å². The molecule has 0 aliphatic carbocycles. The molecule has 8 heteroatoms. The van der Waals surface area contributed by atoms with E-state index in [2.05, 4.69) is 5.32 Å². The first-order valence-corrected chi connectivity index (χ1v) is 13.3. The first kappa shape index (κ1) is 24.6. The topological polar surface area (TPSA) is 86.8 Å². The number of anilines is 2. The summed E-state index contributed by atoms with van der Waals surface area (Å²) in [5, 5.41) is 2.88. The van der Waals surface area contributed by atoms with Crippen molar-refractivity contribution in [3.8, 4) is 0 Å². The van der Waals surface area contributed by atoms with Gasteiger partial charge in [-0.2, -0.15) is 4.31 Å². The molecule has 0 bridgehead atoms. The van der Waals surface area contributed by atoms with Gasteiger partial charge in [-0.1, -0.05) is 36.4 Å². The molecule has 0 radical (unpaired) electrons. The molecular formula is C27H29N3O4S. The third kappa shape index (κ3) is 5.28. The predicted molar refractivity (Wildman–Crippen MR) is 138 cm³/mol. The second-order valence-corrected chi connectivity index (χ2v) is 10.8. The van der Waals surface area contributed by atoms with E-state index in [1.807, 2.05) is 49.4 Å². The van der Waals surface area contributed by atoms with Crippen LogP contribution < -0.4 is 10.2 Å². The number of nitrogens with zero attached hydrogens (tertiary/aromatic N) is 2. The van der Waals surface area contributed by atoms with E-state index in [9.17, 15) is 18.0 Å². The summed E-state index contributed by atoms with van der Waals surface area (Å²) in [4.78, 5) is 27.8. The minimum atomic E-state index is -3.39. The number of hydrogen-bond acceptors (Lipinski definition) is 4. The van der Waals surface area contributed by atoms with Crippen LogP contribution >= 0.6 is 0 Å². The quantitative estimate of drug-likeness (QED) is 0.564. The fraction of sp³-hybridized carbons (Fsp3) is 0.259. The van der Waals surface area contributed by atoms with Crippen molar-refractivity contribution in [2.24, 2.45) is 0 Å². The van der Waals surface area contributed by atoms with Crippen molar-refractivity contribution in [1.29, 1.82) is 0 Å². The number of aryl methyl sites for hydroxylation is 1. The Bertz CT molecular complexity index is 1350. The van der Waals surface area contributed by atoms with E-state index in [-0.39, 0.29) is 17.9 Å². The number of carbonyl (C=O) groups excluding carboxylic acids is 2. The highest BCUT2D eigenvalue weighted by Crippen LogP contribution is 2.37. The maximum absolute atomic E-state index is 13.5. The van der Waals surface area contributed by atoms with Gasteiger partial charge in [-0.3, -0.25) is 9.59 Å². The molecule has 0 aromatic heterocycles. The van der Waals surface area contributed by atoms with Gasteiger partial charge in [-0.15, -0.1) is 0 Å². The number of para-hydroxylation sites is 1. The van der Waals surface area contributed by atoms with Crippen LogP contribution in [0.4, 0.5) is 11.4 Å². The number of carbonyl (C=O) groups is 2. The highest BCUT2D eigenvalue weighted by atomic mass is 32.2. The Hall–Kier alpha value is -3.49. The van der Waals surface area contributed by atoms with Crippen LogP contribution in [-0.2, 0) is 10.0 Å². The fourth-order valence-electron chi connectivity index (χ4n) is 4.43. The maximum atomic E-state index is 13.5. The van der Waals surface area contributed by atoms with E-state index in [1.54, 1.807) is 42.3 Å². The van der Waals surface area contributed by atoms with Gasteiger partial charge in [0.15, 0.2) is 0 Å². The van der Waals surface area contributed by atoms with Gasteiger partial charge in [0.25, 0.3) is 11.8 Å². The lowest BCUT2D eigenvalue weighted by Gasteiger charge is -2.28. The Labute approximate surface area is 206 Å². The third-order valence-electron chi connectivity index (χ3n) is 6.43. The van der Waals surface area contributed by atoms with Crippen LogP contribution in [0, 0.1) is 6.92 Å². The third-order valence-corrected chi connectivity index (χ3v) is 7.73. The summed E-state index contributed by atoms with van der Waals surface area (Å²) in [5.74, 6) is -0.374. The second-order valence-electron chi connectivity index (χ2n) is 8.80. The Morgan fingerprint density at radius 1 is 0.971 bits per heavy atom. The molecule has 2 amide bonds. The number of amides is 2. The zero-order valence-electron chi connectivity index (χ0n) is 20.1. The minimum Gasteiger partial charge on any atom is -0.322 e. The summed E-state index contributed by atoms with van der Waals surface area (Å²) in [5.41, 5.74) is 4.10. The largest absolute Gasteiger partial charge is 0.322 e. The molecule has 1 atom stereocenters. The summed E-state index contributed by atoms with van der Waals surface area (Å²) < 4.78 is 25.8. The molecule has 7 nitrogen and oxygen atoms in total. The summed E-state index contributed by atoms with van der Waals surface area (Å²) in [6.07, 6.45) is 2.48. The van der Waals surface area contributed by atoms with Crippen molar-refractivity contribution in [2.45, 2.75) is 25.8 Å². The Kier molecular flexibility index (Phi) is 7.05. The molecule has 1 aliphatic heterocycles. The van der Waals surface area contributed by atoms with Crippen molar-refractivity contribution in [2.75, 3.05) is 30.1 Å². The number of rotatable bonds is 5. The molecule has 1 heterocycles. The van der Waals surface area contributed by atoms with E-state index in [0.717, 1.165) is 11.1 Å². The average Bonchev–Trinajstić information content (AvgIpc) is 3.03. The van der Waals surface area contributed by atoms with Crippen molar-refractivity contribution in [3.05, 3.63) is 95.1 Å². The summed E-state index contributed by atoms with van der Waals surface area (Å²) >= 11 is 0. The van der Waals surface area contributed by atoms with Crippen molar-refractivity contribution in [3.63, 3.8) is 0 Å². The van der Waals surface area contributed by atoms with Gasteiger partial charge in [-0.25, -0.2) is 8.42 Å². The molecule has 0 spiro atoms. The summed E-state index contributed by atoms with van der Waals surface area (Å²) in [6, 6.07) is 21.3. The standard InChI is InChI=1S/C27H29N3O4S/c1-19-9-4-5-10-22(19)26(31)28-21-16-14-20(15-17-21)27(32)30-18-8-13-24(29(2)35(3,33)34)23-11-6-7-12-25(23)30/h4-7,9-12,14-17,24H,8,13,18H2,1-3H3,(H,28,31). The molecule has 0 saturated carbocycles. The molecule has 182 valence electrons. The Morgan fingerprint density at radius 3 is 2.31 bits per heavy atom. The Morgan fingerprint density at radius 2 is 1.63 bits per heavy atom. The minimum absolute atomic E-state index is 0.170. The molecule has 4 rings (SSSR count). The average molecular weight is 492 g/mol. The molecule has 1 unspecified atom stereocenters. The molecule has 35 heavy (non-hydrogen) atoms. The van der Waals surface area contributed by atoms with Crippen LogP contribution in [0.3, 0.4) is 0 Å². The van der Waals surface area contributed by atoms with Crippen LogP contribution in [0.2, 0.25) is 0 Å². The lowest BCUT2D eigenvalue weighted by Crippen LogP contribution is -2.32. The fourth-order valence-corrected chi connectivity index (χ4v) is 5.11. The lowest BCUT2D eigenvalue weighted by atomic mass is 10.0. The van der Waals surface area contributed by atoms with Crippen LogP contribution in [0.5, 0.6) is 0 Å². The van der Waals surface area contributed by atoms with Crippen molar-refractivity contribution in [1.82, 2.24) is 4.31 Å². The van der Waals surface area contributed by atoms with E-state index in [0.29, 0.717) is 41.9 Å². The lowest BCUT2D eigenvalue weighted by molar-refractivity contribution is 0.0985. The number of benzene rings is 3. The van der Waals surface area contributed by atoms with E-state index >= 15 is 0 Å². The number of sulfonamides is 1. The number of fused-ring (bicyclic) bond motifs is 1. The zero-order valence-corrected chi connectivity index (χ0v) is 20.9. The van der Waals surface area contributed by atoms with Crippen molar-refractivity contribution < 1.29 is 18.0 Å². The van der Waals surface area contributed by atoms with Gasteiger partial charge in [-0.05, 0) is 67.3 Å². The summed E-state index contributed by atoms with van der Waals surface area (Å²) in [6.45, 7) is 2.36. The summed E-state index contributed by atoms with van der Waals surface area (Å²) in [7, 11) is -1.81. The smallest absolute Gasteiger partial charge is 0.258 e. The highest BCUT2D eigenvalue weighted by molar-refractivity contribution is 7.88. The van der Waals surface area contributed by atoms with Gasteiger partial charge in [0.05, 0.1) is 12.3 Å². The first-order valence-electron chi connectivity index (χ1n) is 11.5. The highest BCUT2D eigenvalue weighted by Gasteiger charge is 2.31. The molecule has 0 saturated heterocycles. The normalized spacial score (nSPS) is 15.9. The molecule has 0 fully saturated rings. The van der Waals surface area contributed by atoms with Crippen LogP contribution in [0.1, 0.15) is 50.7 Å². The van der Waals surface area contributed by atoms with E-state index in [4.69, 9.17) is 0 Å². The first-order chi connectivity index (χ1) is 16.7. The Balaban J connectivity index is 1.56. The van der Waals surface area contributed by atoms with E-state index < -0.39 is 10.0 Å².